The average Bonchev–Trinajstić information content (AvgIpc) is 2.84. The van der Waals surface area contributed by atoms with E-state index in [1.54, 1.807) is 17.4 Å². The van der Waals surface area contributed by atoms with Crippen LogP contribution in [-0.4, -0.2) is 11.1 Å². The van der Waals surface area contributed by atoms with Crippen molar-refractivity contribution in [3.05, 3.63) is 51.2 Å². The predicted octanol–water partition coefficient (Wildman–Crippen LogP) is 3.93. The molecule has 19 heavy (non-hydrogen) atoms. The van der Waals surface area contributed by atoms with Crippen LogP contribution in [0.5, 0.6) is 0 Å². The number of carboxylic acids is 1. The van der Waals surface area contributed by atoms with E-state index >= 15 is 0 Å². The van der Waals surface area contributed by atoms with Crippen LogP contribution in [0.2, 0.25) is 0 Å². The molecular formula is C15H17NO2S. The van der Waals surface area contributed by atoms with Crippen LogP contribution in [0.25, 0.3) is 0 Å². The van der Waals surface area contributed by atoms with Gasteiger partial charge in [0.1, 0.15) is 0 Å². The molecule has 0 bridgehead atoms. The van der Waals surface area contributed by atoms with E-state index < -0.39 is 5.97 Å². The van der Waals surface area contributed by atoms with Gasteiger partial charge in [-0.05, 0) is 43.2 Å². The Bertz CT molecular complexity index is 590. The van der Waals surface area contributed by atoms with Gasteiger partial charge in [0.25, 0.3) is 0 Å². The SMILES string of the molecule is CCc1ccc(CNc2cc(C)ccc2C(=O)O)s1. The number of anilines is 1. The van der Waals surface area contributed by atoms with Gasteiger partial charge in [-0.15, -0.1) is 11.3 Å². The third kappa shape index (κ3) is 3.35. The van der Waals surface area contributed by atoms with Gasteiger partial charge in [0.15, 0.2) is 0 Å². The zero-order chi connectivity index (χ0) is 13.8. The van der Waals surface area contributed by atoms with E-state index in [0.717, 1.165) is 12.0 Å². The number of nitrogens with one attached hydrogen (secondary N) is 1. The lowest BCUT2D eigenvalue weighted by Crippen LogP contribution is -2.06. The molecule has 3 nitrogen and oxygen atoms in total. The Balaban J connectivity index is 2.14. The molecule has 2 rings (SSSR count). The molecule has 2 aromatic rings. The van der Waals surface area contributed by atoms with Crippen LogP contribution in [0, 0.1) is 6.92 Å². The Morgan fingerprint density at radius 2 is 2.00 bits per heavy atom. The van der Waals surface area contributed by atoms with Gasteiger partial charge in [-0.3, -0.25) is 0 Å². The minimum absolute atomic E-state index is 0.317. The van der Waals surface area contributed by atoms with Crippen molar-refractivity contribution in [2.75, 3.05) is 5.32 Å². The molecule has 1 aromatic heterocycles. The Labute approximate surface area is 116 Å². The second-order valence-electron chi connectivity index (χ2n) is 4.43. The first-order valence-corrected chi connectivity index (χ1v) is 7.07. The molecule has 0 saturated carbocycles. The Hall–Kier alpha value is -1.81. The van der Waals surface area contributed by atoms with Gasteiger partial charge in [0.2, 0.25) is 0 Å². The van der Waals surface area contributed by atoms with Crippen molar-refractivity contribution in [2.24, 2.45) is 0 Å². The standard InChI is InChI=1S/C15H17NO2S/c1-3-11-5-6-12(19-11)9-16-14-8-10(2)4-7-13(14)15(17)18/h4-8,16H,3,9H2,1-2H3,(H,17,18). The van der Waals surface area contributed by atoms with Gasteiger partial charge in [0.05, 0.1) is 5.56 Å². The molecule has 0 saturated heterocycles. The highest BCUT2D eigenvalue weighted by molar-refractivity contribution is 7.12. The number of rotatable bonds is 5. The average molecular weight is 275 g/mol. The number of thiophene rings is 1. The number of aromatic carboxylic acids is 1. The van der Waals surface area contributed by atoms with Crippen molar-refractivity contribution in [1.82, 2.24) is 0 Å². The van der Waals surface area contributed by atoms with Crippen LogP contribution < -0.4 is 5.32 Å². The van der Waals surface area contributed by atoms with E-state index in [1.807, 2.05) is 19.1 Å². The monoisotopic (exact) mass is 275 g/mol. The summed E-state index contributed by atoms with van der Waals surface area (Å²) in [6.07, 6.45) is 1.04. The van der Waals surface area contributed by atoms with Crippen molar-refractivity contribution in [1.29, 1.82) is 0 Å². The number of aryl methyl sites for hydroxylation is 2. The molecule has 1 heterocycles. The summed E-state index contributed by atoms with van der Waals surface area (Å²) in [6.45, 7) is 4.75. The van der Waals surface area contributed by atoms with Crippen LogP contribution in [-0.2, 0) is 13.0 Å². The van der Waals surface area contributed by atoms with Gasteiger partial charge >= 0.3 is 5.97 Å². The molecule has 0 aliphatic rings. The third-order valence-corrected chi connectivity index (χ3v) is 4.15. The molecule has 0 aliphatic carbocycles. The molecule has 2 N–H and O–H groups in total. The highest BCUT2D eigenvalue weighted by Gasteiger charge is 2.10. The Morgan fingerprint density at radius 1 is 1.26 bits per heavy atom. The van der Waals surface area contributed by atoms with Gasteiger partial charge < -0.3 is 10.4 Å². The Morgan fingerprint density at radius 3 is 2.63 bits per heavy atom. The number of hydrogen-bond donors (Lipinski definition) is 2. The molecule has 1 aromatic carbocycles. The lowest BCUT2D eigenvalue weighted by Gasteiger charge is -2.09. The van der Waals surface area contributed by atoms with Crippen molar-refractivity contribution in [2.45, 2.75) is 26.8 Å². The van der Waals surface area contributed by atoms with Crippen molar-refractivity contribution in [3.8, 4) is 0 Å². The first-order chi connectivity index (χ1) is 9.10. The first-order valence-electron chi connectivity index (χ1n) is 6.25. The molecule has 4 heteroatoms. The topological polar surface area (TPSA) is 49.3 Å². The molecule has 0 amide bonds. The second-order valence-corrected chi connectivity index (χ2v) is 5.68. The summed E-state index contributed by atoms with van der Waals surface area (Å²) in [4.78, 5) is 13.7. The molecule has 0 aliphatic heterocycles. The zero-order valence-electron chi connectivity index (χ0n) is 11.1. The maximum atomic E-state index is 11.2. The highest BCUT2D eigenvalue weighted by atomic mass is 32.1. The highest BCUT2D eigenvalue weighted by Crippen LogP contribution is 2.21. The minimum Gasteiger partial charge on any atom is -0.478 e. The van der Waals surface area contributed by atoms with Gasteiger partial charge in [-0.25, -0.2) is 4.79 Å². The summed E-state index contributed by atoms with van der Waals surface area (Å²) in [6, 6.07) is 9.54. The van der Waals surface area contributed by atoms with E-state index in [-0.39, 0.29) is 0 Å². The summed E-state index contributed by atoms with van der Waals surface area (Å²) >= 11 is 1.76. The lowest BCUT2D eigenvalue weighted by molar-refractivity contribution is 0.0698. The number of carboxylic acid groups (broad SMARTS) is 1. The largest absolute Gasteiger partial charge is 0.478 e. The maximum absolute atomic E-state index is 11.2. The normalized spacial score (nSPS) is 10.4. The summed E-state index contributed by atoms with van der Waals surface area (Å²) < 4.78 is 0. The molecule has 0 spiro atoms. The van der Waals surface area contributed by atoms with Crippen LogP contribution >= 0.6 is 11.3 Å². The van der Waals surface area contributed by atoms with Gasteiger partial charge in [-0.1, -0.05) is 13.0 Å². The Kier molecular flexibility index (Phi) is 4.22. The quantitative estimate of drug-likeness (QED) is 0.869. The van der Waals surface area contributed by atoms with E-state index in [4.69, 9.17) is 5.11 Å². The van der Waals surface area contributed by atoms with Crippen molar-refractivity contribution >= 4 is 23.0 Å². The second kappa shape index (κ2) is 5.89. The fourth-order valence-corrected chi connectivity index (χ4v) is 2.78. The zero-order valence-corrected chi connectivity index (χ0v) is 11.9. The van der Waals surface area contributed by atoms with Crippen molar-refractivity contribution in [3.63, 3.8) is 0 Å². The predicted molar refractivity (Wildman–Crippen MR) is 79.2 cm³/mol. The maximum Gasteiger partial charge on any atom is 0.337 e. The molecule has 0 unspecified atom stereocenters. The fourth-order valence-electron chi connectivity index (χ4n) is 1.88. The van der Waals surface area contributed by atoms with E-state index in [1.165, 1.54) is 9.75 Å². The summed E-state index contributed by atoms with van der Waals surface area (Å²) in [5.41, 5.74) is 2.05. The fraction of sp³-hybridized carbons (Fsp3) is 0.267. The lowest BCUT2D eigenvalue weighted by atomic mass is 10.1. The molecular weight excluding hydrogens is 258 g/mol. The van der Waals surface area contributed by atoms with Crippen LogP contribution in [0.4, 0.5) is 5.69 Å². The molecule has 100 valence electrons. The van der Waals surface area contributed by atoms with Crippen LogP contribution in [0.15, 0.2) is 30.3 Å². The van der Waals surface area contributed by atoms with Crippen molar-refractivity contribution < 1.29 is 9.90 Å². The third-order valence-electron chi connectivity index (χ3n) is 2.92. The molecule has 0 radical (unpaired) electrons. The number of benzene rings is 1. The summed E-state index contributed by atoms with van der Waals surface area (Å²) in [5.74, 6) is -0.900. The smallest absolute Gasteiger partial charge is 0.337 e. The minimum atomic E-state index is -0.900. The number of carbonyl (C=O) groups is 1. The van der Waals surface area contributed by atoms with Crippen LogP contribution in [0.3, 0.4) is 0 Å². The van der Waals surface area contributed by atoms with E-state index in [0.29, 0.717) is 17.8 Å². The summed E-state index contributed by atoms with van der Waals surface area (Å²) in [5, 5.41) is 12.4. The molecule has 0 atom stereocenters. The van der Waals surface area contributed by atoms with E-state index in [9.17, 15) is 4.79 Å². The summed E-state index contributed by atoms with van der Waals surface area (Å²) in [7, 11) is 0. The number of hydrogen-bond acceptors (Lipinski definition) is 3. The first kappa shape index (κ1) is 13.6. The van der Waals surface area contributed by atoms with Gasteiger partial charge in [-0.2, -0.15) is 0 Å². The molecule has 0 fully saturated rings. The van der Waals surface area contributed by atoms with Crippen LogP contribution in [0.1, 0.15) is 32.6 Å². The van der Waals surface area contributed by atoms with E-state index in [2.05, 4.69) is 24.4 Å². The van der Waals surface area contributed by atoms with Gasteiger partial charge in [0, 0.05) is 22.0 Å².